The van der Waals surface area contributed by atoms with Crippen LogP contribution < -0.4 is 0 Å². The molecule has 0 aromatic carbocycles. The molecule has 0 aromatic heterocycles. The van der Waals surface area contributed by atoms with Gasteiger partial charge < -0.3 is 33.8 Å². The molecule has 0 aliphatic rings. The van der Waals surface area contributed by atoms with Gasteiger partial charge in [-0.3, -0.25) is 37.3 Å². The summed E-state index contributed by atoms with van der Waals surface area (Å²) in [6.07, 6.45) is 76.2. The van der Waals surface area contributed by atoms with Crippen LogP contribution >= 0.6 is 15.6 Å². The van der Waals surface area contributed by atoms with Crippen LogP contribution in [0.2, 0.25) is 0 Å². The number of phosphoric acid groups is 2. The molecule has 0 aliphatic heterocycles. The molecule has 0 heterocycles. The van der Waals surface area contributed by atoms with Crippen molar-refractivity contribution in [1.82, 2.24) is 0 Å². The number of carbonyl (C=O) groups is 4. The Labute approximate surface area is 593 Å². The van der Waals surface area contributed by atoms with E-state index >= 15 is 0 Å². The van der Waals surface area contributed by atoms with E-state index in [0.29, 0.717) is 25.7 Å². The lowest BCUT2D eigenvalue weighted by atomic mass is 10.1. The summed E-state index contributed by atoms with van der Waals surface area (Å²) in [5, 5.41) is 10.6. The topological polar surface area (TPSA) is 237 Å². The Balaban J connectivity index is 5.38. The molecule has 0 radical (unpaired) electrons. The molecule has 0 saturated carbocycles. The maximum absolute atomic E-state index is 13.1. The van der Waals surface area contributed by atoms with Crippen LogP contribution in [0.5, 0.6) is 0 Å². The van der Waals surface area contributed by atoms with Gasteiger partial charge in [-0.15, -0.1) is 0 Å². The van der Waals surface area contributed by atoms with Gasteiger partial charge in [0.25, 0.3) is 0 Å². The van der Waals surface area contributed by atoms with Gasteiger partial charge in [-0.25, -0.2) is 9.13 Å². The summed E-state index contributed by atoms with van der Waals surface area (Å²) in [5.74, 6) is -2.24. The number of allylic oxidation sites excluding steroid dienone is 20. The van der Waals surface area contributed by atoms with Crippen molar-refractivity contribution in [3.63, 3.8) is 0 Å². The predicted molar refractivity (Wildman–Crippen MR) is 399 cm³/mol. The number of ether oxygens (including phenoxy) is 4. The van der Waals surface area contributed by atoms with Crippen LogP contribution in [0.3, 0.4) is 0 Å². The van der Waals surface area contributed by atoms with Crippen LogP contribution in [-0.2, 0) is 65.4 Å². The molecule has 98 heavy (non-hydrogen) atoms. The Kier molecular flexibility index (Phi) is 67.6. The fraction of sp³-hybridized carbons (Fsp3) is 0.696. The van der Waals surface area contributed by atoms with E-state index in [2.05, 4.69) is 149 Å². The molecular weight excluding hydrogens is 1280 g/mol. The number of hydrogen-bond acceptors (Lipinski definition) is 15. The van der Waals surface area contributed by atoms with E-state index in [9.17, 15) is 43.2 Å². The molecule has 0 aromatic rings. The van der Waals surface area contributed by atoms with Crippen LogP contribution in [0.4, 0.5) is 0 Å². The van der Waals surface area contributed by atoms with Crippen LogP contribution in [0, 0.1) is 0 Å². The lowest BCUT2D eigenvalue weighted by Gasteiger charge is -2.21. The van der Waals surface area contributed by atoms with E-state index in [0.717, 1.165) is 193 Å². The smallest absolute Gasteiger partial charge is 0.462 e. The summed E-state index contributed by atoms with van der Waals surface area (Å²) in [6, 6.07) is 0. The average Bonchev–Trinajstić information content (AvgIpc) is 0.969. The third kappa shape index (κ3) is 69.9. The summed E-state index contributed by atoms with van der Waals surface area (Å²) < 4.78 is 68.4. The minimum absolute atomic E-state index is 0.0722. The molecule has 0 saturated heterocycles. The Morgan fingerprint density at radius 2 is 0.551 bits per heavy atom. The fourth-order valence-corrected chi connectivity index (χ4v) is 11.2. The van der Waals surface area contributed by atoms with Gasteiger partial charge >= 0.3 is 39.5 Å². The number of esters is 4. The standard InChI is InChI=1S/C79H134O17P2/c1-5-9-13-17-21-25-29-33-35-36-38-42-44-48-52-56-60-64-77(82)90-70-75(96-79(84)66-62-58-54-50-46-40-32-28-24-20-16-12-8-4)72-94-98(87,88)92-68-73(80)67-91-97(85,86)93-71-74(95-78(83)65-61-57-53-49-45-39-31-27-23-19-15-11-7-3)69-89-76(81)63-59-55-51-47-43-41-37-34-30-26-22-18-14-10-6-2/h9-10,13-15,19,21-22,25-28,31-35,37-38,42,73-75,80H,5-8,11-12,16-18,20,23-24,29-30,36,39-41,43-72H2,1-4H3,(H,85,86)(H,87,88)/b13-9-,14-10-,19-15-,25-21-,26-22-,31-27-,32-28-,35-33-,37-34-,42-38-. The molecule has 0 rings (SSSR count). The largest absolute Gasteiger partial charge is 0.472 e. The summed E-state index contributed by atoms with van der Waals surface area (Å²) in [4.78, 5) is 72.8. The summed E-state index contributed by atoms with van der Waals surface area (Å²) in [7, 11) is -9.97. The van der Waals surface area contributed by atoms with Gasteiger partial charge in [0.1, 0.15) is 19.3 Å². The first-order valence-electron chi connectivity index (χ1n) is 37.8. The second kappa shape index (κ2) is 70.9. The number of hydrogen-bond donors (Lipinski definition) is 3. The zero-order valence-electron chi connectivity index (χ0n) is 61.2. The van der Waals surface area contributed by atoms with Gasteiger partial charge in [0.05, 0.1) is 26.4 Å². The second-order valence-corrected chi connectivity index (χ2v) is 27.7. The predicted octanol–water partition coefficient (Wildman–Crippen LogP) is 21.6. The third-order valence-electron chi connectivity index (χ3n) is 15.4. The maximum atomic E-state index is 13.1. The number of aliphatic hydroxyl groups is 1. The molecule has 562 valence electrons. The lowest BCUT2D eigenvalue weighted by Crippen LogP contribution is -2.30. The van der Waals surface area contributed by atoms with E-state index in [1.165, 1.54) is 25.7 Å². The van der Waals surface area contributed by atoms with Crippen LogP contribution in [-0.4, -0.2) is 96.7 Å². The monoisotopic (exact) mass is 1420 g/mol. The number of unbranched alkanes of at least 4 members (excludes halogenated alkanes) is 24. The zero-order valence-corrected chi connectivity index (χ0v) is 63.0. The van der Waals surface area contributed by atoms with Crippen molar-refractivity contribution >= 4 is 39.5 Å². The molecule has 3 N–H and O–H groups in total. The SMILES string of the molecule is CC/C=C\C/C=C\C/C=C\C/C=C\CCCCCCC(=O)OCC(COP(=O)(O)OCC(O)COP(=O)(O)OCC(COC(=O)CCCCCCC/C=C\C/C=C\C/C=C\CC)OC(=O)CCCCCCC/C=C\C/C=C\CCC)OC(=O)CCCCCCC/C=C\CCCCCC. The van der Waals surface area contributed by atoms with Gasteiger partial charge in [-0.1, -0.05) is 246 Å². The van der Waals surface area contributed by atoms with Crippen molar-refractivity contribution in [3.05, 3.63) is 122 Å². The first-order chi connectivity index (χ1) is 47.7. The highest BCUT2D eigenvalue weighted by atomic mass is 31.2. The van der Waals surface area contributed by atoms with Crippen molar-refractivity contribution < 1.29 is 80.2 Å². The normalized spacial score (nSPS) is 14.6. The lowest BCUT2D eigenvalue weighted by molar-refractivity contribution is -0.161. The first-order valence-corrected chi connectivity index (χ1v) is 40.8. The zero-order chi connectivity index (χ0) is 71.8. The Morgan fingerprint density at radius 3 is 0.867 bits per heavy atom. The van der Waals surface area contributed by atoms with Crippen molar-refractivity contribution in [3.8, 4) is 0 Å². The van der Waals surface area contributed by atoms with E-state index in [1.54, 1.807) is 0 Å². The highest BCUT2D eigenvalue weighted by Crippen LogP contribution is 2.45. The Morgan fingerprint density at radius 1 is 0.296 bits per heavy atom. The van der Waals surface area contributed by atoms with E-state index < -0.39 is 97.5 Å². The highest BCUT2D eigenvalue weighted by molar-refractivity contribution is 7.47. The summed E-state index contributed by atoms with van der Waals surface area (Å²) in [5.41, 5.74) is 0. The minimum atomic E-state index is -4.98. The van der Waals surface area contributed by atoms with Crippen molar-refractivity contribution in [2.24, 2.45) is 0 Å². The minimum Gasteiger partial charge on any atom is -0.462 e. The fourth-order valence-electron chi connectivity index (χ4n) is 9.67. The van der Waals surface area contributed by atoms with E-state index in [1.807, 2.05) is 0 Å². The van der Waals surface area contributed by atoms with Gasteiger partial charge in [-0.2, -0.15) is 0 Å². The second-order valence-electron chi connectivity index (χ2n) is 24.8. The molecule has 5 unspecified atom stereocenters. The molecular formula is C79H134O17P2. The van der Waals surface area contributed by atoms with Gasteiger partial charge in [0, 0.05) is 25.7 Å². The Bertz CT molecular complexity index is 2340. The summed E-state index contributed by atoms with van der Waals surface area (Å²) in [6.45, 7) is 4.49. The number of carbonyl (C=O) groups excluding carboxylic acids is 4. The number of phosphoric ester groups is 2. The van der Waals surface area contributed by atoms with Gasteiger partial charge in [0.15, 0.2) is 12.2 Å². The van der Waals surface area contributed by atoms with E-state index in [-0.39, 0.29) is 25.7 Å². The van der Waals surface area contributed by atoms with Crippen molar-refractivity contribution in [1.29, 1.82) is 0 Å². The maximum Gasteiger partial charge on any atom is 0.472 e. The summed E-state index contributed by atoms with van der Waals surface area (Å²) >= 11 is 0. The van der Waals surface area contributed by atoms with Gasteiger partial charge in [0.2, 0.25) is 0 Å². The quantitative estimate of drug-likeness (QED) is 0.0169. The van der Waals surface area contributed by atoms with Crippen LogP contribution in [0.1, 0.15) is 297 Å². The number of rotatable bonds is 70. The molecule has 0 fully saturated rings. The molecule has 0 amide bonds. The molecule has 19 heteroatoms. The van der Waals surface area contributed by atoms with Crippen molar-refractivity contribution in [2.75, 3.05) is 39.6 Å². The van der Waals surface area contributed by atoms with Crippen LogP contribution in [0.15, 0.2) is 122 Å². The third-order valence-corrected chi connectivity index (χ3v) is 17.3. The van der Waals surface area contributed by atoms with E-state index in [4.69, 9.17) is 37.0 Å². The molecule has 17 nitrogen and oxygen atoms in total. The number of aliphatic hydroxyl groups excluding tert-OH is 1. The molecule has 0 spiro atoms. The highest BCUT2D eigenvalue weighted by Gasteiger charge is 2.30. The average molecular weight is 1420 g/mol. The van der Waals surface area contributed by atoms with Crippen LogP contribution in [0.25, 0.3) is 0 Å². The molecule has 0 bridgehead atoms. The van der Waals surface area contributed by atoms with Gasteiger partial charge in [-0.05, 0) is 148 Å². The molecule has 5 atom stereocenters. The Hall–Kier alpha value is -4.54. The van der Waals surface area contributed by atoms with Crippen molar-refractivity contribution in [2.45, 2.75) is 316 Å². The first kappa shape index (κ1) is 93.5. The molecule has 0 aliphatic carbocycles.